The van der Waals surface area contributed by atoms with Crippen molar-refractivity contribution in [3.8, 4) is 54.3 Å². The Bertz CT molecular complexity index is 1400. The summed E-state index contributed by atoms with van der Waals surface area (Å²) in [4.78, 5) is 0. The number of phosphoric acid groups is 1. The van der Waals surface area contributed by atoms with Gasteiger partial charge in [-0.2, -0.15) is 4.57 Å². The largest absolute Gasteiger partial charge is 0.647 e. The molecule has 3 aromatic carbocycles. The Morgan fingerprint density at radius 2 is 0.732 bits per heavy atom. The molecule has 0 unspecified atom stereocenters. The molecule has 0 saturated carbocycles. The van der Waals surface area contributed by atoms with Crippen molar-refractivity contribution in [2.45, 2.75) is 80.1 Å². The van der Waals surface area contributed by atoms with E-state index >= 15 is 0 Å². The molecule has 0 heterocycles. The summed E-state index contributed by atoms with van der Waals surface area (Å²) < 4.78 is 33.7. The second-order valence-corrected chi connectivity index (χ2v) is 10.9. The smallest absolute Gasteiger partial charge is 0.386 e. The Morgan fingerprint density at radius 3 is 0.927 bits per heavy atom. The van der Waals surface area contributed by atoms with Gasteiger partial charge in [0.05, 0.1) is 0 Å². The molecule has 0 amide bonds. The van der Waals surface area contributed by atoms with E-state index < -0.39 is 7.82 Å². The maximum atomic E-state index is 14.8. The zero-order chi connectivity index (χ0) is 30.2. The lowest BCUT2D eigenvalue weighted by Gasteiger charge is -2.25. The molecule has 0 N–H and O–H groups in total. The molecule has 5 heteroatoms. The van der Waals surface area contributed by atoms with Gasteiger partial charge in [0, 0.05) is 16.7 Å². The van der Waals surface area contributed by atoms with Crippen molar-refractivity contribution in [3.63, 3.8) is 0 Å². The highest BCUT2D eigenvalue weighted by Crippen LogP contribution is 2.53. The van der Waals surface area contributed by atoms with Crippen LogP contribution in [0.1, 0.15) is 91.6 Å². The van der Waals surface area contributed by atoms with Crippen LogP contribution < -0.4 is 13.6 Å². The van der Waals surface area contributed by atoms with Crippen molar-refractivity contribution in [1.29, 1.82) is 0 Å². The molecule has 0 fully saturated rings. The number of hydrogen-bond donors (Lipinski definition) is 0. The van der Waals surface area contributed by atoms with Gasteiger partial charge in [0.1, 0.15) is 17.2 Å². The fourth-order valence-electron chi connectivity index (χ4n) is 5.47. The molecular weight excluding hydrogens is 527 g/mol. The standard InChI is InChI=1S/C36H39O4P/c1-10-25-19-22-34(31(16-7)28(25)13-4)38-41(37,39-35-23-20-26(11-2)29(14-5)32(35)17-8)40-36-24-21-27(12-3)30(15-6)33(36)18-9/h1-3,19-24H,13-18H2,4-9H3. The Hall–Kier alpha value is -4.03. The summed E-state index contributed by atoms with van der Waals surface area (Å²) in [7, 11) is -4.32. The Morgan fingerprint density at radius 1 is 0.488 bits per heavy atom. The third-order valence-electron chi connectivity index (χ3n) is 7.38. The van der Waals surface area contributed by atoms with Crippen LogP contribution >= 0.6 is 7.82 Å². The Balaban J connectivity index is 2.25. The first kappa shape index (κ1) is 31.5. The summed E-state index contributed by atoms with van der Waals surface area (Å²) >= 11 is 0. The van der Waals surface area contributed by atoms with Crippen molar-refractivity contribution in [2.75, 3.05) is 0 Å². The van der Waals surface area contributed by atoms with Gasteiger partial charge in [0.2, 0.25) is 0 Å². The molecule has 0 radical (unpaired) electrons. The van der Waals surface area contributed by atoms with E-state index in [1.54, 1.807) is 36.4 Å². The number of phosphoric ester groups is 1. The quantitative estimate of drug-likeness (QED) is 0.163. The van der Waals surface area contributed by atoms with Gasteiger partial charge in [-0.1, -0.05) is 59.3 Å². The van der Waals surface area contributed by atoms with E-state index in [1.807, 2.05) is 41.5 Å². The van der Waals surface area contributed by atoms with Gasteiger partial charge in [0.25, 0.3) is 0 Å². The van der Waals surface area contributed by atoms with E-state index in [0.717, 1.165) is 50.1 Å². The zero-order valence-corrected chi connectivity index (χ0v) is 25.9. The van der Waals surface area contributed by atoms with Crippen molar-refractivity contribution in [3.05, 3.63) is 86.5 Å². The minimum absolute atomic E-state index is 0.412. The predicted octanol–water partition coefficient (Wildman–Crippen LogP) is 8.65. The first-order valence-electron chi connectivity index (χ1n) is 14.3. The molecule has 0 saturated heterocycles. The second kappa shape index (κ2) is 14.0. The molecule has 0 spiro atoms. The number of rotatable bonds is 12. The highest BCUT2D eigenvalue weighted by atomic mass is 31.2. The highest BCUT2D eigenvalue weighted by Gasteiger charge is 2.36. The first-order chi connectivity index (χ1) is 19.8. The molecule has 3 rings (SSSR count). The van der Waals surface area contributed by atoms with Crippen molar-refractivity contribution >= 4 is 7.82 Å². The van der Waals surface area contributed by atoms with Crippen LogP contribution in [-0.2, 0) is 43.1 Å². The van der Waals surface area contributed by atoms with Crippen LogP contribution in [0.3, 0.4) is 0 Å². The van der Waals surface area contributed by atoms with E-state index in [0.29, 0.717) is 55.8 Å². The van der Waals surface area contributed by atoms with E-state index in [-0.39, 0.29) is 0 Å². The highest BCUT2D eigenvalue weighted by molar-refractivity contribution is 7.49. The molecule has 0 aliphatic rings. The average Bonchev–Trinajstić information content (AvgIpc) is 2.99. The van der Waals surface area contributed by atoms with Crippen LogP contribution in [0, 0.1) is 37.0 Å². The molecule has 4 nitrogen and oxygen atoms in total. The number of terminal acetylenes is 3. The lowest BCUT2D eigenvalue weighted by Crippen LogP contribution is -2.12. The Labute approximate surface area is 246 Å². The predicted molar refractivity (Wildman–Crippen MR) is 169 cm³/mol. The first-order valence-corrected chi connectivity index (χ1v) is 15.8. The number of benzene rings is 3. The molecular formula is C36H39O4P. The summed E-state index contributed by atoms with van der Waals surface area (Å²) in [6, 6.07) is 10.6. The van der Waals surface area contributed by atoms with E-state index in [1.165, 1.54) is 0 Å². The fourth-order valence-corrected chi connectivity index (χ4v) is 6.82. The maximum absolute atomic E-state index is 14.8. The van der Waals surface area contributed by atoms with Crippen LogP contribution in [0.15, 0.2) is 36.4 Å². The molecule has 41 heavy (non-hydrogen) atoms. The van der Waals surface area contributed by atoms with Crippen LogP contribution in [-0.4, -0.2) is 0 Å². The lowest BCUT2D eigenvalue weighted by molar-refractivity contribution is 0.295. The Kier molecular flexibility index (Phi) is 10.8. The van der Waals surface area contributed by atoms with Crippen molar-refractivity contribution < 1.29 is 18.1 Å². The van der Waals surface area contributed by atoms with E-state index in [9.17, 15) is 4.57 Å². The van der Waals surface area contributed by atoms with Gasteiger partial charge in [-0.15, -0.1) is 19.3 Å². The van der Waals surface area contributed by atoms with Gasteiger partial charge in [-0.3, -0.25) is 0 Å². The minimum Gasteiger partial charge on any atom is -0.386 e. The summed E-state index contributed by atoms with van der Waals surface area (Å²) in [6.07, 6.45) is 21.3. The molecule has 3 aromatic rings. The minimum atomic E-state index is -4.32. The molecule has 0 aromatic heterocycles. The van der Waals surface area contributed by atoms with Gasteiger partial charge in [0.15, 0.2) is 0 Å². The molecule has 212 valence electrons. The van der Waals surface area contributed by atoms with Gasteiger partial charge >= 0.3 is 7.82 Å². The number of hydrogen-bond acceptors (Lipinski definition) is 4. The van der Waals surface area contributed by atoms with E-state index in [4.69, 9.17) is 32.8 Å². The molecule has 0 aliphatic heterocycles. The van der Waals surface area contributed by atoms with E-state index in [2.05, 4.69) is 17.8 Å². The van der Waals surface area contributed by atoms with Gasteiger partial charge in [-0.25, -0.2) is 0 Å². The zero-order valence-electron chi connectivity index (χ0n) is 25.0. The van der Waals surface area contributed by atoms with Crippen molar-refractivity contribution in [2.24, 2.45) is 0 Å². The monoisotopic (exact) mass is 566 g/mol. The summed E-state index contributed by atoms with van der Waals surface area (Å²) in [5.74, 6) is 9.48. The summed E-state index contributed by atoms with van der Waals surface area (Å²) in [6.45, 7) is 12.1. The third kappa shape index (κ3) is 6.49. The lowest BCUT2D eigenvalue weighted by atomic mass is 9.96. The van der Waals surface area contributed by atoms with Crippen LogP contribution in [0.2, 0.25) is 0 Å². The van der Waals surface area contributed by atoms with Gasteiger partial charge < -0.3 is 13.6 Å². The second-order valence-electron chi connectivity index (χ2n) is 9.48. The van der Waals surface area contributed by atoms with Crippen LogP contribution in [0.5, 0.6) is 17.2 Å². The molecule has 0 bridgehead atoms. The summed E-state index contributed by atoms with van der Waals surface area (Å²) in [5, 5.41) is 0. The molecule has 0 atom stereocenters. The fraction of sp³-hybridized carbons (Fsp3) is 0.333. The maximum Gasteiger partial charge on any atom is 0.647 e. The normalized spacial score (nSPS) is 10.8. The summed E-state index contributed by atoms with van der Waals surface area (Å²) in [5.41, 5.74) is 7.88. The van der Waals surface area contributed by atoms with Crippen LogP contribution in [0.4, 0.5) is 0 Å². The topological polar surface area (TPSA) is 44.8 Å². The molecule has 0 aliphatic carbocycles. The van der Waals surface area contributed by atoms with Crippen molar-refractivity contribution in [1.82, 2.24) is 0 Å². The average molecular weight is 567 g/mol. The van der Waals surface area contributed by atoms with Gasteiger partial charge in [-0.05, 0) is 108 Å². The van der Waals surface area contributed by atoms with Crippen LogP contribution in [0.25, 0.3) is 0 Å². The SMILES string of the molecule is C#Cc1ccc(OP(=O)(Oc2ccc(C#C)c(CC)c2CC)Oc2ccc(C#C)c(CC)c2CC)c(CC)c1CC. The third-order valence-corrected chi connectivity index (χ3v) is 8.64.